The van der Waals surface area contributed by atoms with Crippen molar-refractivity contribution < 1.29 is 27.7 Å². The van der Waals surface area contributed by atoms with Gasteiger partial charge in [-0.3, -0.25) is 13.6 Å². The first-order valence-corrected chi connectivity index (χ1v) is 7.56. The van der Waals surface area contributed by atoms with E-state index in [1.165, 1.54) is 6.92 Å². The average Bonchev–Trinajstić information content (AvgIpc) is 2.21. The Hall–Kier alpha value is -0.680. The topological polar surface area (TPSA) is 71.1 Å². The van der Waals surface area contributed by atoms with Gasteiger partial charge in [-0.2, -0.15) is 0 Å². The molecular weight excluding hydrogens is 271 g/mol. The lowest BCUT2D eigenvalue weighted by Gasteiger charge is -2.21. The molecule has 0 saturated heterocycles. The molecule has 0 fully saturated rings. The zero-order valence-corrected chi connectivity index (χ0v) is 13.1. The van der Waals surface area contributed by atoms with Crippen LogP contribution in [0.2, 0.25) is 0 Å². The highest BCUT2D eigenvalue weighted by Crippen LogP contribution is 2.51. The maximum absolute atomic E-state index is 12.2. The average molecular weight is 294 g/mol. The van der Waals surface area contributed by atoms with Crippen LogP contribution < -0.4 is 0 Å². The summed E-state index contributed by atoms with van der Waals surface area (Å²) in [5, 5.41) is 0. The third-order valence-electron chi connectivity index (χ3n) is 1.59. The van der Waals surface area contributed by atoms with Gasteiger partial charge in [-0.25, -0.2) is 9.36 Å². The molecule has 0 aromatic heterocycles. The fourth-order valence-corrected chi connectivity index (χ4v) is 2.51. The monoisotopic (exact) mass is 294 g/mol. The lowest BCUT2D eigenvalue weighted by atomic mass is 10.4. The number of rotatable bonds is 9. The van der Waals surface area contributed by atoms with Crippen LogP contribution in [0.3, 0.4) is 0 Å². The summed E-state index contributed by atoms with van der Waals surface area (Å²) in [5.74, 6) is -0.520. The molecule has 0 radical (unpaired) electrons. The van der Waals surface area contributed by atoms with Gasteiger partial charge in [0.25, 0.3) is 0 Å². The number of hydrogen-bond acceptors (Lipinski definition) is 6. The van der Waals surface area contributed by atoms with E-state index in [9.17, 15) is 9.36 Å². The normalized spacial score (nSPS) is 11.9. The molecule has 0 aliphatic carbocycles. The highest BCUT2D eigenvalue weighted by Gasteiger charge is 2.29. The fraction of sp³-hybridized carbons (Fsp3) is 0.750. The quantitative estimate of drug-likeness (QED) is 0.282. The van der Waals surface area contributed by atoms with E-state index in [4.69, 9.17) is 18.3 Å². The Labute approximate surface area is 114 Å². The first-order chi connectivity index (χ1) is 8.66. The summed E-state index contributed by atoms with van der Waals surface area (Å²) in [5.41, 5.74) is 0.292. The number of phosphoric ester groups is 1. The van der Waals surface area contributed by atoms with Crippen molar-refractivity contribution in [2.24, 2.45) is 0 Å². The zero-order valence-electron chi connectivity index (χ0n) is 12.2. The van der Waals surface area contributed by atoms with Gasteiger partial charge in [-0.1, -0.05) is 6.58 Å². The molecule has 0 aliphatic heterocycles. The van der Waals surface area contributed by atoms with Crippen LogP contribution in [0, 0.1) is 0 Å². The summed E-state index contributed by atoms with van der Waals surface area (Å²) in [4.78, 5) is 11.1. The lowest BCUT2D eigenvalue weighted by Crippen LogP contribution is -2.14. The first kappa shape index (κ1) is 18.3. The van der Waals surface area contributed by atoms with Crippen molar-refractivity contribution in [3.05, 3.63) is 12.2 Å². The smallest absolute Gasteiger partial charge is 0.460 e. The molecule has 0 rings (SSSR count). The van der Waals surface area contributed by atoms with Crippen molar-refractivity contribution in [2.75, 3.05) is 13.2 Å². The molecule has 6 nitrogen and oxygen atoms in total. The first-order valence-electron chi connectivity index (χ1n) is 6.10. The number of carbonyl (C=O) groups is 1. The molecule has 0 amide bonds. The molecule has 0 aromatic rings. The van der Waals surface area contributed by atoms with Crippen molar-refractivity contribution in [2.45, 2.75) is 46.8 Å². The summed E-state index contributed by atoms with van der Waals surface area (Å²) >= 11 is 0. The van der Waals surface area contributed by atoms with Gasteiger partial charge in [0.15, 0.2) is 0 Å². The van der Waals surface area contributed by atoms with E-state index in [0.29, 0.717) is 5.57 Å². The van der Waals surface area contributed by atoms with Gasteiger partial charge in [0.05, 0.1) is 18.8 Å². The van der Waals surface area contributed by atoms with Crippen LogP contribution in [0.5, 0.6) is 0 Å². The second kappa shape index (κ2) is 8.48. The standard InChI is InChI=1S/C12H23O6P/c1-9(2)12(13)15-7-8-16-19(14,17-10(3)4)18-11(5)6/h10-11H,1,7-8H2,2-6H3. The van der Waals surface area contributed by atoms with Crippen molar-refractivity contribution in [1.82, 2.24) is 0 Å². The largest absolute Gasteiger partial charge is 0.475 e. The second-order valence-electron chi connectivity index (χ2n) is 4.51. The van der Waals surface area contributed by atoms with Gasteiger partial charge in [0, 0.05) is 5.57 Å². The highest BCUT2D eigenvalue weighted by molar-refractivity contribution is 7.48. The van der Waals surface area contributed by atoms with E-state index in [0.717, 1.165) is 0 Å². The van der Waals surface area contributed by atoms with Gasteiger partial charge >= 0.3 is 13.8 Å². The summed E-state index contributed by atoms with van der Waals surface area (Å²) in [6, 6.07) is 0. The van der Waals surface area contributed by atoms with E-state index < -0.39 is 13.8 Å². The van der Waals surface area contributed by atoms with Crippen LogP contribution >= 0.6 is 7.82 Å². The zero-order chi connectivity index (χ0) is 15.1. The number of phosphoric acid groups is 1. The molecule has 19 heavy (non-hydrogen) atoms. The van der Waals surface area contributed by atoms with Gasteiger partial charge in [-0.05, 0) is 34.6 Å². The molecule has 0 heterocycles. The van der Waals surface area contributed by atoms with Crippen LogP contribution in [0.1, 0.15) is 34.6 Å². The summed E-state index contributed by atoms with van der Waals surface area (Å²) in [6.07, 6.45) is -0.606. The molecule has 0 spiro atoms. The molecule has 0 unspecified atom stereocenters. The summed E-state index contributed by atoms with van der Waals surface area (Å²) in [6.45, 7) is 11.8. The van der Waals surface area contributed by atoms with Gasteiger partial charge in [0.1, 0.15) is 6.61 Å². The van der Waals surface area contributed by atoms with Crippen molar-refractivity contribution in [3.63, 3.8) is 0 Å². The fourth-order valence-electron chi connectivity index (χ4n) is 1.01. The van der Waals surface area contributed by atoms with E-state index in [1.807, 2.05) is 0 Å². The van der Waals surface area contributed by atoms with E-state index in [2.05, 4.69) is 6.58 Å². The Morgan fingerprint density at radius 2 is 1.58 bits per heavy atom. The summed E-state index contributed by atoms with van der Waals surface area (Å²) in [7, 11) is -3.63. The minimum atomic E-state index is -3.63. The van der Waals surface area contributed by atoms with E-state index >= 15 is 0 Å². The van der Waals surface area contributed by atoms with Gasteiger partial charge < -0.3 is 4.74 Å². The minimum absolute atomic E-state index is 0.0431. The van der Waals surface area contributed by atoms with Crippen LogP contribution in [-0.4, -0.2) is 31.4 Å². The third-order valence-corrected chi connectivity index (χ3v) is 3.45. The van der Waals surface area contributed by atoms with Crippen molar-refractivity contribution >= 4 is 13.8 Å². The van der Waals surface area contributed by atoms with Crippen LogP contribution in [-0.2, 0) is 27.7 Å². The third kappa shape index (κ3) is 8.94. The van der Waals surface area contributed by atoms with Gasteiger partial charge in [0.2, 0.25) is 0 Å². The molecule has 0 N–H and O–H groups in total. The highest BCUT2D eigenvalue weighted by atomic mass is 31.2. The number of carbonyl (C=O) groups excluding carboxylic acids is 1. The number of hydrogen-bond donors (Lipinski definition) is 0. The van der Waals surface area contributed by atoms with Crippen LogP contribution in [0.4, 0.5) is 0 Å². The molecule has 0 bridgehead atoms. The van der Waals surface area contributed by atoms with Crippen LogP contribution in [0.15, 0.2) is 12.2 Å². The van der Waals surface area contributed by atoms with Gasteiger partial charge in [-0.15, -0.1) is 0 Å². The predicted molar refractivity (Wildman–Crippen MR) is 71.8 cm³/mol. The molecule has 0 aromatic carbocycles. The molecule has 0 atom stereocenters. The maximum Gasteiger partial charge on any atom is 0.475 e. The second-order valence-corrected chi connectivity index (χ2v) is 6.08. The van der Waals surface area contributed by atoms with E-state index in [1.54, 1.807) is 27.7 Å². The summed E-state index contributed by atoms with van der Waals surface area (Å²) < 4.78 is 32.4. The molecule has 7 heteroatoms. The predicted octanol–water partition coefficient (Wildman–Crippen LogP) is 3.08. The Balaban J connectivity index is 4.24. The Kier molecular flexibility index (Phi) is 8.18. The maximum atomic E-state index is 12.2. The minimum Gasteiger partial charge on any atom is -0.460 e. The Morgan fingerprint density at radius 3 is 1.95 bits per heavy atom. The number of ether oxygens (including phenoxy) is 1. The van der Waals surface area contributed by atoms with Crippen molar-refractivity contribution in [3.8, 4) is 0 Å². The SMILES string of the molecule is C=C(C)C(=O)OCCOP(=O)(OC(C)C)OC(C)C. The van der Waals surface area contributed by atoms with Crippen molar-refractivity contribution in [1.29, 1.82) is 0 Å². The Bertz CT molecular complexity index is 336. The lowest BCUT2D eigenvalue weighted by molar-refractivity contribution is -0.139. The molecule has 112 valence electrons. The molecule has 0 aliphatic rings. The molecular formula is C12H23O6P. The molecule has 0 saturated carbocycles. The number of esters is 1. The Morgan fingerprint density at radius 1 is 1.11 bits per heavy atom. The van der Waals surface area contributed by atoms with E-state index in [-0.39, 0.29) is 25.4 Å². The van der Waals surface area contributed by atoms with Crippen LogP contribution in [0.25, 0.3) is 0 Å².